The fourth-order valence-electron chi connectivity index (χ4n) is 2.76. The van der Waals surface area contributed by atoms with Crippen LogP contribution in [0.2, 0.25) is 0 Å². The highest BCUT2D eigenvalue weighted by molar-refractivity contribution is 7.92. The fourth-order valence-corrected chi connectivity index (χ4v) is 4.02. The van der Waals surface area contributed by atoms with Crippen LogP contribution in [0.3, 0.4) is 0 Å². The maximum atomic E-state index is 12.8. The van der Waals surface area contributed by atoms with Crippen LogP contribution in [-0.2, 0) is 14.8 Å². The summed E-state index contributed by atoms with van der Waals surface area (Å²) in [7, 11) is -1.21. The molecule has 3 rings (SSSR count). The third kappa shape index (κ3) is 4.57. The summed E-state index contributed by atoms with van der Waals surface area (Å²) in [5.41, 5.74) is 0.508. The Morgan fingerprint density at radius 1 is 1.10 bits per heavy atom. The lowest BCUT2D eigenvalue weighted by Crippen LogP contribution is -2.19. The SMILES string of the molecule is COc1ccc(NS(=O)(=O)c2cc(NC(=O)[C@@H]3C[C@H]3[N+](=O)[O-])ccc2OC)cc1. The van der Waals surface area contributed by atoms with E-state index in [4.69, 9.17) is 9.47 Å². The van der Waals surface area contributed by atoms with Gasteiger partial charge in [0.05, 0.1) is 14.2 Å². The van der Waals surface area contributed by atoms with Crippen molar-refractivity contribution in [1.82, 2.24) is 0 Å². The number of benzene rings is 2. The van der Waals surface area contributed by atoms with Gasteiger partial charge < -0.3 is 14.8 Å². The van der Waals surface area contributed by atoms with Crippen LogP contribution in [0.5, 0.6) is 11.5 Å². The molecule has 0 unspecified atom stereocenters. The molecule has 1 aliphatic rings. The predicted octanol–water partition coefficient (Wildman–Crippen LogP) is 2.11. The van der Waals surface area contributed by atoms with E-state index in [0.717, 1.165) is 0 Å². The van der Waals surface area contributed by atoms with Gasteiger partial charge in [0.2, 0.25) is 11.9 Å². The lowest BCUT2D eigenvalue weighted by Gasteiger charge is -2.14. The molecule has 2 aromatic rings. The van der Waals surface area contributed by atoms with Crippen LogP contribution in [0.1, 0.15) is 6.42 Å². The minimum Gasteiger partial charge on any atom is -0.497 e. The minimum absolute atomic E-state index is 0.0820. The first kappa shape index (κ1) is 20.4. The quantitative estimate of drug-likeness (QED) is 0.492. The third-order valence-corrected chi connectivity index (χ3v) is 5.83. The molecule has 29 heavy (non-hydrogen) atoms. The summed E-state index contributed by atoms with van der Waals surface area (Å²) in [5, 5.41) is 13.2. The number of hydrogen-bond donors (Lipinski definition) is 2. The predicted molar refractivity (Wildman–Crippen MR) is 104 cm³/mol. The molecule has 11 heteroatoms. The number of sulfonamides is 1. The van der Waals surface area contributed by atoms with Gasteiger partial charge in [-0.1, -0.05) is 0 Å². The van der Waals surface area contributed by atoms with E-state index in [1.54, 1.807) is 24.3 Å². The van der Waals surface area contributed by atoms with Gasteiger partial charge in [0, 0.05) is 22.7 Å². The molecule has 2 atom stereocenters. The van der Waals surface area contributed by atoms with Crippen molar-refractivity contribution in [1.29, 1.82) is 0 Å². The summed E-state index contributed by atoms with van der Waals surface area (Å²) in [4.78, 5) is 22.2. The van der Waals surface area contributed by atoms with Gasteiger partial charge >= 0.3 is 0 Å². The summed E-state index contributed by atoms with van der Waals surface area (Å²) in [5.74, 6) is -0.588. The Balaban J connectivity index is 1.82. The van der Waals surface area contributed by atoms with E-state index in [1.165, 1.54) is 32.4 Å². The molecule has 10 nitrogen and oxygen atoms in total. The maximum absolute atomic E-state index is 12.8. The van der Waals surface area contributed by atoms with E-state index in [0.29, 0.717) is 11.4 Å². The molecule has 0 spiro atoms. The number of nitro groups is 1. The molecule has 0 radical (unpaired) electrons. The standard InChI is InChI=1S/C18H19N3O7S/c1-27-13-6-3-11(4-7-13)20-29(25,26)17-9-12(5-8-16(17)28-2)19-18(22)14-10-15(14)21(23)24/h3-9,14-15,20H,10H2,1-2H3,(H,19,22)/t14-,15-/m1/s1. The highest BCUT2D eigenvalue weighted by Crippen LogP contribution is 2.35. The molecular formula is C18H19N3O7S. The number of methoxy groups -OCH3 is 2. The largest absolute Gasteiger partial charge is 0.497 e. The van der Waals surface area contributed by atoms with Crippen LogP contribution in [0, 0.1) is 16.0 Å². The van der Waals surface area contributed by atoms with Crippen LogP contribution in [0.15, 0.2) is 47.4 Å². The summed E-state index contributed by atoms with van der Waals surface area (Å²) in [6.45, 7) is 0. The minimum atomic E-state index is -4.04. The molecule has 154 valence electrons. The molecule has 1 aliphatic carbocycles. The molecule has 0 heterocycles. The summed E-state index contributed by atoms with van der Waals surface area (Å²) in [6, 6.07) is 9.50. The summed E-state index contributed by atoms with van der Waals surface area (Å²) >= 11 is 0. The van der Waals surface area contributed by atoms with Crippen LogP contribution in [0.4, 0.5) is 11.4 Å². The van der Waals surface area contributed by atoms with E-state index >= 15 is 0 Å². The fraction of sp³-hybridized carbons (Fsp3) is 0.278. The first-order valence-corrected chi connectivity index (χ1v) is 10.0. The maximum Gasteiger partial charge on any atom is 0.265 e. The average molecular weight is 421 g/mol. The van der Waals surface area contributed by atoms with Crippen LogP contribution in [0.25, 0.3) is 0 Å². The van der Waals surface area contributed by atoms with E-state index in [2.05, 4.69) is 10.0 Å². The highest BCUT2D eigenvalue weighted by Gasteiger charge is 2.53. The second-order valence-electron chi connectivity index (χ2n) is 6.38. The molecule has 0 saturated heterocycles. The Morgan fingerprint density at radius 2 is 1.76 bits per heavy atom. The Kier molecular flexibility index (Phi) is 5.59. The molecule has 0 aliphatic heterocycles. The number of rotatable bonds is 8. The molecule has 0 bridgehead atoms. The number of amides is 1. The summed E-state index contributed by atoms with van der Waals surface area (Å²) < 4.78 is 38.3. The first-order valence-electron chi connectivity index (χ1n) is 8.54. The Morgan fingerprint density at radius 3 is 2.31 bits per heavy atom. The van der Waals surface area contributed by atoms with Gasteiger partial charge in [-0.05, 0) is 42.5 Å². The molecule has 0 aromatic heterocycles. The van der Waals surface area contributed by atoms with Crippen LogP contribution < -0.4 is 19.5 Å². The van der Waals surface area contributed by atoms with Crippen molar-refractivity contribution in [2.45, 2.75) is 17.4 Å². The summed E-state index contributed by atoms with van der Waals surface area (Å²) in [6.07, 6.45) is 0.166. The van der Waals surface area contributed by atoms with Crippen molar-refractivity contribution in [3.63, 3.8) is 0 Å². The second-order valence-corrected chi connectivity index (χ2v) is 8.03. The van der Waals surface area contributed by atoms with Crippen molar-refractivity contribution >= 4 is 27.3 Å². The topological polar surface area (TPSA) is 137 Å². The van der Waals surface area contributed by atoms with Crippen molar-refractivity contribution in [2.24, 2.45) is 5.92 Å². The van der Waals surface area contributed by atoms with E-state index in [1.807, 2.05) is 0 Å². The van der Waals surface area contributed by atoms with Gasteiger partial charge in [-0.2, -0.15) is 0 Å². The number of hydrogen-bond acceptors (Lipinski definition) is 7. The van der Waals surface area contributed by atoms with Crippen molar-refractivity contribution in [3.8, 4) is 11.5 Å². The molecule has 2 aromatic carbocycles. The number of ether oxygens (including phenoxy) is 2. The third-order valence-electron chi connectivity index (χ3n) is 4.43. The zero-order chi connectivity index (χ0) is 21.2. The van der Waals surface area contributed by atoms with Crippen molar-refractivity contribution in [3.05, 3.63) is 52.6 Å². The second kappa shape index (κ2) is 7.95. The zero-order valence-electron chi connectivity index (χ0n) is 15.6. The van der Waals surface area contributed by atoms with E-state index < -0.39 is 32.8 Å². The van der Waals surface area contributed by atoms with Crippen molar-refractivity contribution in [2.75, 3.05) is 24.3 Å². The van der Waals surface area contributed by atoms with E-state index in [9.17, 15) is 23.3 Å². The number of carbonyl (C=O) groups excluding carboxylic acids is 1. The number of carbonyl (C=O) groups is 1. The lowest BCUT2D eigenvalue weighted by molar-refractivity contribution is -0.497. The highest BCUT2D eigenvalue weighted by atomic mass is 32.2. The Bertz CT molecular complexity index is 1040. The zero-order valence-corrected chi connectivity index (χ0v) is 16.4. The van der Waals surface area contributed by atoms with Gasteiger partial charge in [-0.15, -0.1) is 0 Å². The smallest absolute Gasteiger partial charge is 0.265 e. The molecule has 1 fully saturated rings. The van der Waals surface area contributed by atoms with Gasteiger partial charge in [0.1, 0.15) is 22.3 Å². The Hall–Kier alpha value is -3.34. The number of nitrogens with one attached hydrogen (secondary N) is 2. The van der Waals surface area contributed by atoms with Gasteiger partial charge in [0.25, 0.3) is 10.0 Å². The number of anilines is 2. The van der Waals surface area contributed by atoms with Gasteiger partial charge in [-0.3, -0.25) is 19.6 Å². The number of nitrogens with zero attached hydrogens (tertiary/aromatic N) is 1. The Labute approximate surface area is 167 Å². The van der Waals surface area contributed by atoms with Crippen LogP contribution >= 0.6 is 0 Å². The monoisotopic (exact) mass is 421 g/mol. The normalized spacial score (nSPS) is 17.9. The van der Waals surface area contributed by atoms with E-state index in [-0.39, 0.29) is 22.8 Å². The molecule has 1 saturated carbocycles. The molecule has 1 amide bonds. The molecular weight excluding hydrogens is 402 g/mol. The van der Waals surface area contributed by atoms with Crippen LogP contribution in [-0.4, -0.2) is 39.5 Å². The van der Waals surface area contributed by atoms with Gasteiger partial charge in [-0.25, -0.2) is 8.42 Å². The first-order chi connectivity index (χ1) is 13.7. The molecule has 2 N–H and O–H groups in total. The average Bonchev–Trinajstić information content (AvgIpc) is 3.49. The van der Waals surface area contributed by atoms with Gasteiger partial charge in [0.15, 0.2) is 0 Å². The van der Waals surface area contributed by atoms with Crippen molar-refractivity contribution < 1.29 is 27.6 Å². The lowest BCUT2D eigenvalue weighted by atomic mass is 10.3.